The third kappa shape index (κ3) is 2.25. The minimum Gasteiger partial charge on any atom is -0.350 e. The van der Waals surface area contributed by atoms with Gasteiger partial charge < -0.3 is 15.3 Å². The van der Waals surface area contributed by atoms with E-state index in [1.54, 1.807) is 0 Å². The Morgan fingerprint density at radius 2 is 2.50 bits per heavy atom. The highest BCUT2D eigenvalue weighted by atomic mass is 16.7. The summed E-state index contributed by atoms with van der Waals surface area (Å²) in [6, 6.07) is 0. The van der Waals surface area contributed by atoms with Crippen molar-refractivity contribution in [3.8, 4) is 0 Å². The fourth-order valence-electron chi connectivity index (χ4n) is 1.22. The zero-order chi connectivity index (χ0) is 8.97. The summed E-state index contributed by atoms with van der Waals surface area (Å²) in [6.07, 6.45) is 0.986. The zero-order valence-corrected chi connectivity index (χ0v) is 7.08. The van der Waals surface area contributed by atoms with Crippen molar-refractivity contribution in [1.82, 2.24) is 5.48 Å². The molecule has 2 atom stereocenters. The topological polar surface area (TPSA) is 73.6 Å². The first kappa shape index (κ1) is 9.60. The minimum absolute atomic E-state index is 0.0459. The fourth-order valence-corrected chi connectivity index (χ4v) is 1.22. The van der Waals surface area contributed by atoms with Crippen LogP contribution >= 0.6 is 0 Å². The molecule has 0 amide bonds. The van der Waals surface area contributed by atoms with Crippen LogP contribution in [-0.4, -0.2) is 31.8 Å². The van der Waals surface area contributed by atoms with Gasteiger partial charge in [-0.25, -0.2) is 0 Å². The molecule has 3 N–H and O–H groups in total. The first-order valence-electron chi connectivity index (χ1n) is 3.94. The van der Waals surface area contributed by atoms with Gasteiger partial charge in [-0.05, 0) is 12.8 Å². The Bertz CT molecular complexity index is 163. The lowest BCUT2D eigenvalue weighted by Gasteiger charge is -2.11. The number of ether oxygens (including phenoxy) is 1. The van der Waals surface area contributed by atoms with Crippen LogP contribution in [0.25, 0.3) is 0 Å². The van der Waals surface area contributed by atoms with E-state index in [9.17, 15) is 4.79 Å². The van der Waals surface area contributed by atoms with Crippen LogP contribution in [0.5, 0.6) is 0 Å². The predicted octanol–water partition coefficient (Wildman–Crippen LogP) is -0.830. The molecule has 2 unspecified atom stereocenters. The first-order chi connectivity index (χ1) is 5.77. The maximum Gasteiger partial charge on any atom is 0.175 e. The summed E-state index contributed by atoms with van der Waals surface area (Å²) in [5.41, 5.74) is 7.83. The van der Waals surface area contributed by atoms with Crippen LogP contribution < -0.4 is 11.2 Å². The summed E-state index contributed by atoms with van der Waals surface area (Å²) in [6.45, 7) is 0.0460. The van der Waals surface area contributed by atoms with Crippen molar-refractivity contribution in [2.75, 3.05) is 13.7 Å². The van der Waals surface area contributed by atoms with Crippen LogP contribution in [-0.2, 0) is 14.4 Å². The molecule has 0 aliphatic carbocycles. The Morgan fingerprint density at radius 1 is 1.75 bits per heavy atom. The molecule has 0 bridgehead atoms. The van der Waals surface area contributed by atoms with Crippen molar-refractivity contribution >= 4 is 5.78 Å². The van der Waals surface area contributed by atoms with Gasteiger partial charge in [-0.1, -0.05) is 0 Å². The van der Waals surface area contributed by atoms with Crippen LogP contribution in [0.1, 0.15) is 12.8 Å². The molecule has 12 heavy (non-hydrogen) atoms. The van der Waals surface area contributed by atoms with E-state index in [-0.39, 0.29) is 24.7 Å². The Balaban J connectivity index is 2.30. The van der Waals surface area contributed by atoms with Crippen LogP contribution in [0, 0.1) is 0 Å². The predicted molar refractivity (Wildman–Crippen MR) is 42.1 cm³/mol. The van der Waals surface area contributed by atoms with Gasteiger partial charge in [0.05, 0.1) is 13.7 Å². The quantitative estimate of drug-likeness (QED) is 0.544. The third-order valence-electron chi connectivity index (χ3n) is 1.83. The molecule has 0 radical (unpaired) electrons. The molecule has 70 valence electrons. The standard InChI is InChI=1S/C7H14N2O3/c1-11-9-7-3-2-6(12-7)5(10)4-8/h6-7,9H,2-4,8H2,1H3. The number of Topliss-reactive ketones (excluding diaryl/α,β-unsaturated/α-hetero) is 1. The van der Waals surface area contributed by atoms with E-state index in [1.807, 2.05) is 0 Å². The van der Waals surface area contributed by atoms with Gasteiger partial charge in [-0.3, -0.25) is 4.79 Å². The van der Waals surface area contributed by atoms with Gasteiger partial charge in [0.2, 0.25) is 0 Å². The maximum atomic E-state index is 11.0. The summed E-state index contributed by atoms with van der Waals surface area (Å²) in [7, 11) is 1.52. The fraction of sp³-hybridized carbons (Fsp3) is 0.857. The lowest BCUT2D eigenvalue weighted by atomic mass is 10.1. The average molecular weight is 174 g/mol. The molecular formula is C7H14N2O3. The molecule has 1 fully saturated rings. The van der Waals surface area contributed by atoms with E-state index in [0.717, 1.165) is 12.8 Å². The Morgan fingerprint density at radius 3 is 3.08 bits per heavy atom. The molecule has 1 aliphatic heterocycles. The molecule has 5 nitrogen and oxygen atoms in total. The number of ketones is 1. The first-order valence-corrected chi connectivity index (χ1v) is 3.94. The Kier molecular flexibility index (Phi) is 3.61. The number of nitrogens with one attached hydrogen (secondary N) is 1. The zero-order valence-electron chi connectivity index (χ0n) is 7.08. The molecule has 0 aromatic rings. The van der Waals surface area contributed by atoms with E-state index in [1.165, 1.54) is 7.11 Å². The second kappa shape index (κ2) is 4.51. The maximum absolute atomic E-state index is 11.0. The second-order valence-electron chi connectivity index (χ2n) is 2.68. The number of nitrogens with two attached hydrogens (primary N) is 1. The molecule has 1 heterocycles. The largest absolute Gasteiger partial charge is 0.350 e. The van der Waals surface area contributed by atoms with E-state index in [4.69, 9.17) is 10.5 Å². The van der Waals surface area contributed by atoms with Crippen LogP contribution in [0.15, 0.2) is 0 Å². The lowest BCUT2D eigenvalue weighted by molar-refractivity contribution is -0.133. The van der Waals surface area contributed by atoms with E-state index in [0.29, 0.717) is 0 Å². The summed E-state index contributed by atoms with van der Waals surface area (Å²) >= 11 is 0. The number of carbonyl (C=O) groups is 1. The molecule has 1 aliphatic rings. The van der Waals surface area contributed by atoms with Crippen molar-refractivity contribution in [2.45, 2.75) is 25.2 Å². The van der Waals surface area contributed by atoms with Gasteiger partial charge >= 0.3 is 0 Å². The third-order valence-corrected chi connectivity index (χ3v) is 1.83. The highest BCUT2D eigenvalue weighted by molar-refractivity contribution is 5.84. The van der Waals surface area contributed by atoms with Gasteiger partial charge in [0.25, 0.3) is 0 Å². The molecule has 1 saturated heterocycles. The monoisotopic (exact) mass is 174 g/mol. The van der Waals surface area contributed by atoms with Gasteiger partial charge in [-0.15, -0.1) is 0 Å². The van der Waals surface area contributed by atoms with Crippen molar-refractivity contribution in [1.29, 1.82) is 0 Å². The normalized spacial score (nSPS) is 29.2. The van der Waals surface area contributed by atoms with Crippen molar-refractivity contribution < 1.29 is 14.4 Å². The number of hydrogen-bond acceptors (Lipinski definition) is 5. The van der Waals surface area contributed by atoms with Crippen molar-refractivity contribution in [3.05, 3.63) is 0 Å². The second-order valence-corrected chi connectivity index (χ2v) is 2.68. The molecule has 0 spiro atoms. The van der Waals surface area contributed by atoms with Gasteiger partial charge in [0, 0.05) is 0 Å². The summed E-state index contributed by atoms with van der Waals surface area (Å²) in [4.78, 5) is 15.7. The SMILES string of the molecule is CONC1CCC(C(=O)CN)O1. The summed E-state index contributed by atoms with van der Waals surface area (Å²) in [5.74, 6) is -0.0459. The highest BCUT2D eigenvalue weighted by Crippen LogP contribution is 2.17. The number of hydrogen-bond donors (Lipinski definition) is 2. The van der Waals surface area contributed by atoms with Crippen molar-refractivity contribution in [3.63, 3.8) is 0 Å². The van der Waals surface area contributed by atoms with Gasteiger partial charge in [0.15, 0.2) is 5.78 Å². The van der Waals surface area contributed by atoms with Crippen molar-refractivity contribution in [2.24, 2.45) is 5.73 Å². The van der Waals surface area contributed by atoms with E-state index < -0.39 is 0 Å². The number of rotatable bonds is 4. The molecule has 5 heteroatoms. The summed E-state index contributed by atoms with van der Waals surface area (Å²) < 4.78 is 5.29. The smallest absolute Gasteiger partial charge is 0.175 e. The molecule has 0 saturated carbocycles. The van der Waals surface area contributed by atoms with E-state index >= 15 is 0 Å². The molecule has 1 rings (SSSR count). The highest BCUT2D eigenvalue weighted by Gasteiger charge is 2.29. The van der Waals surface area contributed by atoms with Crippen LogP contribution in [0.4, 0.5) is 0 Å². The summed E-state index contributed by atoms with van der Waals surface area (Å²) in [5, 5.41) is 0. The van der Waals surface area contributed by atoms with Crippen LogP contribution in [0.3, 0.4) is 0 Å². The van der Waals surface area contributed by atoms with E-state index in [2.05, 4.69) is 10.3 Å². The number of hydroxylamine groups is 1. The van der Waals surface area contributed by atoms with Crippen LogP contribution in [0.2, 0.25) is 0 Å². The lowest BCUT2D eigenvalue weighted by Crippen LogP contribution is -2.32. The average Bonchev–Trinajstić information content (AvgIpc) is 2.52. The Labute approximate surface area is 71.2 Å². The Hall–Kier alpha value is -0.490. The molecular weight excluding hydrogens is 160 g/mol. The molecule has 0 aromatic carbocycles. The minimum atomic E-state index is -0.345. The van der Waals surface area contributed by atoms with Gasteiger partial charge in [0.1, 0.15) is 12.3 Å². The van der Waals surface area contributed by atoms with Gasteiger partial charge in [-0.2, -0.15) is 5.48 Å². The molecule has 0 aromatic heterocycles. The number of carbonyl (C=O) groups excluding carboxylic acids is 1.